The van der Waals surface area contributed by atoms with Gasteiger partial charge in [-0.25, -0.2) is 0 Å². The van der Waals surface area contributed by atoms with Gasteiger partial charge in [0.2, 0.25) is 0 Å². The summed E-state index contributed by atoms with van der Waals surface area (Å²) in [5.41, 5.74) is 5.81. The average molecular weight is 428 g/mol. The Kier molecular flexibility index (Phi) is 7.05. The zero-order valence-electron chi connectivity index (χ0n) is 18.7. The van der Waals surface area contributed by atoms with Crippen LogP contribution in [-0.2, 0) is 15.6 Å². The molecule has 0 aliphatic rings. The summed E-state index contributed by atoms with van der Waals surface area (Å²) in [6, 6.07) is 11.4. The van der Waals surface area contributed by atoms with E-state index in [2.05, 4.69) is 58.5 Å². The molecule has 0 aliphatic heterocycles. The number of carbonyl (C=O) groups is 2. The highest BCUT2D eigenvalue weighted by atomic mass is 16.6. The Balaban J connectivity index is 2.05. The Labute approximate surface area is 182 Å². The summed E-state index contributed by atoms with van der Waals surface area (Å²) in [5, 5.41) is 11.0. The number of nitro groups is 1. The van der Waals surface area contributed by atoms with E-state index in [1.54, 1.807) is 0 Å². The van der Waals surface area contributed by atoms with E-state index in [0.717, 1.165) is 11.1 Å². The molecule has 0 spiro atoms. The second-order valence-corrected chi connectivity index (χ2v) is 9.28. The molecule has 0 fully saturated rings. The fourth-order valence-corrected chi connectivity index (χ4v) is 2.91. The first-order valence-electron chi connectivity index (χ1n) is 9.91. The standard InChI is InChI=1S/C23H29N3O5/c1-22(2,3)15-11-12-19(17(13-15)23(4,5)6)31-14-20(27)24-25-21(28)16-9-7-8-10-18(16)26(29)30/h7-13H,14H2,1-6H3,(H,24,27)(H,25,28). The summed E-state index contributed by atoms with van der Waals surface area (Å²) in [6.45, 7) is 12.3. The van der Waals surface area contributed by atoms with Crippen molar-refractivity contribution in [2.75, 3.05) is 6.61 Å². The van der Waals surface area contributed by atoms with Gasteiger partial charge in [-0.1, -0.05) is 65.8 Å². The zero-order chi connectivity index (χ0) is 23.4. The van der Waals surface area contributed by atoms with Gasteiger partial charge in [-0.3, -0.25) is 30.6 Å². The number of ether oxygens (including phenoxy) is 1. The predicted molar refractivity (Wildman–Crippen MR) is 118 cm³/mol. The molecular formula is C23H29N3O5. The maximum absolute atomic E-state index is 12.2. The molecule has 8 heteroatoms. The Morgan fingerprint density at radius 1 is 0.968 bits per heavy atom. The summed E-state index contributed by atoms with van der Waals surface area (Å²) in [7, 11) is 0. The number of hydrogen-bond donors (Lipinski definition) is 2. The van der Waals surface area contributed by atoms with Gasteiger partial charge in [0, 0.05) is 6.07 Å². The lowest BCUT2D eigenvalue weighted by molar-refractivity contribution is -0.385. The van der Waals surface area contributed by atoms with Crippen molar-refractivity contribution in [1.29, 1.82) is 0 Å². The van der Waals surface area contributed by atoms with E-state index in [1.165, 1.54) is 24.3 Å². The molecule has 2 N–H and O–H groups in total. The van der Waals surface area contributed by atoms with Crippen LogP contribution >= 0.6 is 0 Å². The number of amides is 2. The van der Waals surface area contributed by atoms with Crippen molar-refractivity contribution >= 4 is 17.5 Å². The van der Waals surface area contributed by atoms with Crippen molar-refractivity contribution in [2.45, 2.75) is 52.4 Å². The molecule has 0 saturated carbocycles. The first-order chi connectivity index (χ1) is 14.3. The zero-order valence-corrected chi connectivity index (χ0v) is 18.7. The molecule has 8 nitrogen and oxygen atoms in total. The van der Waals surface area contributed by atoms with E-state index in [-0.39, 0.29) is 28.7 Å². The van der Waals surface area contributed by atoms with Crippen molar-refractivity contribution in [3.8, 4) is 5.75 Å². The van der Waals surface area contributed by atoms with Crippen LogP contribution in [0.15, 0.2) is 42.5 Å². The number of nitrogens with one attached hydrogen (secondary N) is 2. The minimum absolute atomic E-state index is 0.0275. The maximum Gasteiger partial charge on any atom is 0.282 e. The van der Waals surface area contributed by atoms with Crippen molar-refractivity contribution in [1.82, 2.24) is 10.9 Å². The SMILES string of the molecule is CC(C)(C)c1ccc(OCC(=O)NNC(=O)c2ccccc2[N+](=O)[O-])c(C(C)(C)C)c1. The molecule has 31 heavy (non-hydrogen) atoms. The van der Waals surface area contributed by atoms with E-state index < -0.39 is 16.7 Å². The third kappa shape index (κ3) is 6.28. The predicted octanol–water partition coefficient (Wildman–Crippen LogP) is 4.03. The van der Waals surface area contributed by atoms with Gasteiger partial charge < -0.3 is 4.74 Å². The van der Waals surface area contributed by atoms with Crippen LogP contribution in [0.5, 0.6) is 5.75 Å². The molecule has 2 amide bonds. The Morgan fingerprint density at radius 3 is 2.19 bits per heavy atom. The number of para-hydroxylation sites is 1. The highest BCUT2D eigenvalue weighted by Crippen LogP contribution is 2.35. The second-order valence-electron chi connectivity index (χ2n) is 9.28. The Bertz CT molecular complexity index is 987. The molecular weight excluding hydrogens is 398 g/mol. The molecule has 166 valence electrons. The molecule has 0 atom stereocenters. The van der Waals surface area contributed by atoms with Crippen LogP contribution in [-0.4, -0.2) is 23.3 Å². The van der Waals surface area contributed by atoms with Gasteiger partial charge >= 0.3 is 0 Å². The van der Waals surface area contributed by atoms with E-state index in [4.69, 9.17) is 4.74 Å². The van der Waals surface area contributed by atoms with Crippen LogP contribution < -0.4 is 15.6 Å². The number of rotatable bonds is 5. The number of nitrogens with zero attached hydrogens (tertiary/aromatic N) is 1. The summed E-state index contributed by atoms with van der Waals surface area (Å²) in [6.07, 6.45) is 0. The van der Waals surface area contributed by atoms with Gasteiger partial charge in [-0.15, -0.1) is 0 Å². The normalized spacial score (nSPS) is 11.5. The van der Waals surface area contributed by atoms with Crippen LogP contribution in [0.1, 0.15) is 63.0 Å². The lowest BCUT2D eigenvalue weighted by atomic mass is 9.80. The number of nitro benzene ring substituents is 1. The third-order valence-corrected chi connectivity index (χ3v) is 4.67. The van der Waals surface area contributed by atoms with Crippen molar-refractivity contribution in [3.63, 3.8) is 0 Å². The quantitative estimate of drug-likeness (QED) is 0.553. The van der Waals surface area contributed by atoms with Gasteiger partial charge in [-0.2, -0.15) is 0 Å². The minimum Gasteiger partial charge on any atom is -0.483 e. The average Bonchev–Trinajstić information content (AvgIpc) is 2.68. The second kappa shape index (κ2) is 9.16. The van der Waals surface area contributed by atoms with E-state index >= 15 is 0 Å². The van der Waals surface area contributed by atoms with Gasteiger partial charge in [0.05, 0.1) is 4.92 Å². The van der Waals surface area contributed by atoms with E-state index in [9.17, 15) is 19.7 Å². The van der Waals surface area contributed by atoms with Gasteiger partial charge in [0.15, 0.2) is 6.61 Å². The first-order valence-corrected chi connectivity index (χ1v) is 9.91. The molecule has 0 saturated heterocycles. The van der Waals surface area contributed by atoms with E-state index in [1.807, 2.05) is 12.1 Å². The molecule has 0 heterocycles. The fourth-order valence-electron chi connectivity index (χ4n) is 2.91. The number of hydrazine groups is 1. The fraction of sp³-hybridized carbons (Fsp3) is 0.391. The smallest absolute Gasteiger partial charge is 0.282 e. The molecule has 0 unspecified atom stereocenters. The van der Waals surface area contributed by atoms with Crippen LogP contribution in [0.4, 0.5) is 5.69 Å². The highest BCUT2D eigenvalue weighted by molar-refractivity contribution is 5.99. The van der Waals surface area contributed by atoms with Crippen LogP contribution in [0, 0.1) is 10.1 Å². The monoisotopic (exact) mass is 427 g/mol. The Hall–Kier alpha value is -3.42. The van der Waals surface area contributed by atoms with Crippen LogP contribution in [0.25, 0.3) is 0 Å². The van der Waals surface area contributed by atoms with Crippen LogP contribution in [0.3, 0.4) is 0 Å². The molecule has 0 bridgehead atoms. The van der Waals surface area contributed by atoms with Crippen molar-refractivity contribution in [2.24, 2.45) is 0 Å². The van der Waals surface area contributed by atoms with Crippen LogP contribution in [0.2, 0.25) is 0 Å². The number of benzene rings is 2. The Morgan fingerprint density at radius 2 is 1.61 bits per heavy atom. The molecule has 2 aromatic rings. The summed E-state index contributed by atoms with van der Waals surface area (Å²) >= 11 is 0. The lowest BCUT2D eigenvalue weighted by Crippen LogP contribution is -2.44. The summed E-state index contributed by atoms with van der Waals surface area (Å²) in [4.78, 5) is 34.8. The summed E-state index contributed by atoms with van der Waals surface area (Å²) < 4.78 is 5.72. The minimum atomic E-state index is -0.787. The number of hydrogen-bond acceptors (Lipinski definition) is 5. The molecule has 0 aliphatic carbocycles. The molecule has 2 rings (SSSR count). The first kappa shape index (κ1) is 23.9. The van der Waals surface area contributed by atoms with Crippen molar-refractivity contribution in [3.05, 3.63) is 69.3 Å². The van der Waals surface area contributed by atoms with Gasteiger partial charge in [0.25, 0.3) is 17.5 Å². The molecule has 0 aromatic heterocycles. The highest BCUT2D eigenvalue weighted by Gasteiger charge is 2.24. The molecule has 0 radical (unpaired) electrons. The van der Waals surface area contributed by atoms with Gasteiger partial charge in [0.1, 0.15) is 11.3 Å². The van der Waals surface area contributed by atoms with E-state index in [0.29, 0.717) is 5.75 Å². The maximum atomic E-state index is 12.2. The molecule has 2 aromatic carbocycles. The van der Waals surface area contributed by atoms with Gasteiger partial charge in [-0.05, 0) is 34.1 Å². The van der Waals surface area contributed by atoms with Crippen molar-refractivity contribution < 1.29 is 19.2 Å². The summed E-state index contributed by atoms with van der Waals surface area (Å²) in [5.74, 6) is -0.794. The lowest BCUT2D eigenvalue weighted by Gasteiger charge is -2.27. The largest absolute Gasteiger partial charge is 0.483 e. The number of carbonyl (C=O) groups excluding carboxylic acids is 2. The third-order valence-electron chi connectivity index (χ3n) is 4.67. The topological polar surface area (TPSA) is 111 Å².